The highest BCUT2D eigenvalue weighted by Crippen LogP contribution is 2.25. The number of hydrogen-bond acceptors (Lipinski definition) is 3. The number of carboxylic acids is 1. The van der Waals surface area contributed by atoms with Crippen molar-refractivity contribution >= 4 is 11.9 Å². The molecular formula is C17H19NO4. The molecule has 5 heteroatoms. The highest BCUT2D eigenvalue weighted by Gasteiger charge is 2.22. The van der Waals surface area contributed by atoms with Gasteiger partial charge in [-0.15, -0.1) is 0 Å². The second kappa shape index (κ2) is 6.47. The van der Waals surface area contributed by atoms with E-state index in [1.54, 1.807) is 0 Å². The van der Waals surface area contributed by atoms with E-state index in [2.05, 4.69) is 5.32 Å². The SMILES string of the molecule is Cc1ccccc1C(NC(=O)c1ccc(C(=O)O)o1)C(C)C. The third-order valence-corrected chi connectivity index (χ3v) is 3.52. The van der Waals surface area contributed by atoms with Gasteiger partial charge in [-0.1, -0.05) is 38.1 Å². The third-order valence-electron chi connectivity index (χ3n) is 3.52. The lowest BCUT2D eigenvalue weighted by Gasteiger charge is -2.24. The molecule has 0 radical (unpaired) electrons. The number of hydrogen-bond donors (Lipinski definition) is 2. The molecule has 0 fully saturated rings. The van der Waals surface area contributed by atoms with Crippen molar-refractivity contribution < 1.29 is 19.1 Å². The quantitative estimate of drug-likeness (QED) is 0.887. The van der Waals surface area contributed by atoms with Crippen LogP contribution in [0.4, 0.5) is 0 Å². The second-order valence-corrected chi connectivity index (χ2v) is 5.52. The van der Waals surface area contributed by atoms with Crippen LogP contribution in [0.5, 0.6) is 0 Å². The summed E-state index contributed by atoms with van der Waals surface area (Å²) in [5, 5.41) is 11.8. The van der Waals surface area contributed by atoms with E-state index >= 15 is 0 Å². The Labute approximate surface area is 129 Å². The number of nitrogens with one attached hydrogen (secondary N) is 1. The minimum atomic E-state index is -1.20. The topological polar surface area (TPSA) is 79.5 Å². The van der Waals surface area contributed by atoms with Gasteiger partial charge in [0.2, 0.25) is 5.76 Å². The number of furan rings is 1. The molecule has 0 aliphatic carbocycles. The van der Waals surface area contributed by atoms with Gasteiger partial charge in [-0.25, -0.2) is 4.79 Å². The van der Waals surface area contributed by atoms with Crippen LogP contribution in [0.15, 0.2) is 40.8 Å². The molecule has 1 aromatic heterocycles. The van der Waals surface area contributed by atoms with Gasteiger partial charge in [-0.2, -0.15) is 0 Å². The Balaban J connectivity index is 2.22. The van der Waals surface area contributed by atoms with Crippen LogP contribution >= 0.6 is 0 Å². The number of aryl methyl sites for hydroxylation is 1. The van der Waals surface area contributed by atoms with Crippen molar-refractivity contribution in [1.82, 2.24) is 5.32 Å². The van der Waals surface area contributed by atoms with Gasteiger partial charge in [0.15, 0.2) is 5.76 Å². The van der Waals surface area contributed by atoms with E-state index in [9.17, 15) is 9.59 Å². The van der Waals surface area contributed by atoms with Crippen molar-refractivity contribution in [1.29, 1.82) is 0 Å². The first-order valence-corrected chi connectivity index (χ1v) is 7.09. The molecule has 0 spiro atoms. The fourth-order valence-electron chi connectivity index (χ4n) is 2.33. The van der Waals surface area contributed by atoms with Gasteiger partial charge in [0.1, 0.15) is 0 Å². The van der Waals surface area contributed by atoms with Crippen LogP contribution in [0.25, 0.3) is 0 Å². The van der Waals surface area contributed by atoms with E-state index in [-0.39, 0.29) is 23.5 Å². The lowest BCUT2D eigenvalue weighted by Crippen LogP contribution is -2.32. The summed E-state index contributed by atoms with van der Waals surface area (Å²) in [6.07, 6.45) is 0. The number of amides is 1. The Morgan fingerprint density at radius 1 is 1.09 bits per heavy atom. The fraction of sp³-hybridized carbons (Fsp3) is 0.294. The molecule has 2 rings (SSSR count). The summed E-state index contributed by atoms with van der Waals surface area (Å²) in [7, 11) is 0. The second-order valence-electron chi connectivity index (χ2n) is 5.52. The van der Waals surface area contributed by atoms with Gasteiger partial charge in [-0.05, 0) is 36.1 Å². The zero-order valence-corrected chi connectivity index (χ0v) is 12.8. The normalized spacial score (nSPS) is 12.2. The van der Waals surface area contributed by atoms with E-state index in [1.807, 2.05) is 45.0 Å². The average Bonchev–Trinajstić information content (AvgIpc) is 2.95. The van der Waals surface area contributed by atoms with Gasteiger partial charge < -0.3 is 14.8 Å². The molecule has 22 heavy (non-hydrogen) atoms. The smallest absolute Gasteiger partial charge is 0.371 e. The number of benzene rings is 1. The molecule has 0 saturated carbocycles. The molecule has 0 saturated heterocycles. The lowest BCUT2D eigenvalue weighted by atomic mass is 9.92. The Kier molecular flexibility index (Phi) is 4.65. The molecule has 2 N–H and O–H groups in total. The van der Waals surface area contributed by atoms with Gasteiger partial charge in [0.05, 0.1) is 6.04 Å². The van der Waals surface area contributed by atoms with Gasteiger partial charge in [0, 0.05) is 0 Å². The maximum Gasteiger partial charge on any atom is 0.371 e. The first-order valence-electron chi connectivity index (χ1n) is 7.09. The third kappa shape index (κ3) is 3.36. The molecular weight excluding hydrogens is 282 g/mol. The van der Waals surface area contributed by atoms with Crippen LogP contribution in [0.2, 0.25) is 0 Å². The summed E-state index contributed by atoms with van der Waals surface area (Å²) >= 11 is 0. The van der Waals surface area contributed by atoms with Crippen LogP contribution in [-0.2, 0) is 0 Å². The fourth-order valence-corrected chi connectivity index (χ4v) is 2.33. The average molecular weight is 301 g/mol. The first-order chi connectivity index (χ1) is 10.4. The predicted octanol–water partition coefficient (Wildman–Crippen LogP) is 3.41. The van der Waals surface area contributed by atoms with Crippen LogP contribution in [0, 0.1) is 12.8 Å². The molecule has 1 atom stereocenters. The summed E-state index contributed by atoms with van der Waals surface area (Å²) in [4.78, 5) is 23.1. The largest absolute Gasteiger partial charge is 0.475 e. The van der Waals surface area contributed by atoms with Gasteiger partial charge in [-0.3, -0.25) is 4.79 Å². The van der Waals surface area contributed by atoms with E-state index in [0.717, 1.165) is 11.1 Å². The van der Waals surface area contributed by atoms with Gasteiger partial charge in [0.25, 0.3) is 5.91 Å². The summed E-state index contributed by atoms with van der Waals surface area (Å²) in [5.41, 5.74) is 2.13. The molecule has 2 aromatic rings. The molecule has 0 aliphatic rings. The number of aromatic carboxylic acids is 1. The Morgan fingerprint density at radius 2 is 1.73 bits per heavy atom. The van der Waals surface area contributed by atoms with E-state index in [4.69, 9.17) is 9.52 Å². The van der Waals surface area contributed by atoms with Gasteiger partial charge >= 0.3 is 5.97 Å². The van der Waals surface area contributed by atoms with Crippen molar-refractivity contribution in [2.75, 3.05) is 0 Å². The summed E-state index contributed by atoms with van der Waals surface area (Å²) in [6, 6.07) is 10.3. The Hall–Kier alpha value is -2.56. The van der Waals surface area contributed by atoms with Crippen LogP contribution in [0.1, 0.15) is 52.1 Å². The molecule has 0 bridgehead atoms. The number of carbonyl (C=O) groups excluding carboxylic acids is 1. The standard InChI is InChI=1S/C17H19NO4/c1-10(2)15(12-7-5-4-6-11(12)3)18-16(19)13-8-9-14(22-13)17(20)21/h4-10,15H,1-3H3,(H,18,19)(H,20,21). The lowest BCUT2D eigenvalue weighted by molar-refractivity contribution is 0.0659. The highest BCUT2D eigenvalue weighted by atomic mass is 16.4. The minimum Gasteiger partial charge on any atom is -0.475 e. The molecule has 1 heterocycles. The van der Waals surface area contributed by atoms with E-state index < -0.39 is 11.9 Å². The molecule has 5 nitrogen and oxygen atoms in total. The van der Waals surface area contributed by atoms with Crippen molar-refractivity contribution in [2.45, 2.75) is 26.8 Å². The highest BCUT2D eigenvalue weighted by molar-refractivity contribution is 5.93. The van der Waals surface area contributed by atoms with Crippen molar-refractivity contribution in [3.63, 3.8) is 0 Å². The predicted molar refractivity (Wildman–Crippen MR) is 81.9 cm³/mol. The van der Waals surface area contributed by atoms with E-state index in [0.29, 0.717) is 0 Å². The number of rotatable bonds is 5. The van der Waals surface area contributed by atoms with Crippen molar-refractivity contribution in [3.8, 4) is 0 Å². The maximum absolute atomic E-state index is 12.3. The summed E-state index contributed by atoms with van der Waals surface area (Å²) in [6.45, 7) is 6.02. The molecule has 0 aliphatic heterocycles. The maximum atomic E-state index is 12.3. The summed E-state index contributed by atoms with van der Waals surface area (Å²) < 4.78 is 5.04. The minimum absolute atomic E-state index is 0.00312. The molecule has 116 valence electrons. The number of carbonyl (C=O) groups is 2. The van der Waals surface area contributed by atoms with Crippen LogP contribution < -0.4 is 5.32 Å². The zero-order valence-electron chi connectivity index (χ0n) is 12.8. The molecule has 1 unspecified atom stereocenters. The van der Waals surface area contributed by atoms with Crippen LogP contribution in [0.3, 0.4) is 0 Å². The summed E-state index contributed by atoms with van der Waals surface area (Å²) in [5.74, 6) is -1.69. The zero-order chi connectivity index (χ0) is 16.3. The monoisotopic (exact) mass is 301 g/mol. The van der Waals surface area contributed by atoms with Crippen LogP contribution in [-0.4, -0.2) is 17.0 Å². The Morgan fingerprint density at radius 3 is 2.27 bits per heavy atom. The molecule has 1 amide bonds. The van der Waals surface area contributed by atoms with Crippen molar-refractivity contribution in [2.24, 2.45) is 5.92 Å². The first kappa shape index (κ1) is 15.8. The molecule has 1 aromatic carbocycles. The van der Waals surface area contributed by atoms with E-state index in [1.165, 1.54) is 12.1 Å². The number of carboxylic acid groups (broad SMARTS) is 1. The van der Waals surface area contributed by atoms with Crippen molar-refractivity contribution in [3.05, 3.63) is 59.0 Å². The Bertz CT molecular complexity index is 687.